The Hall–Kier alpha value is -3.34. The van der Waals surface area contributed by atoms with Crippen molar-refractivity contribution in [1.82, 2.24) is 24.5 Å². The minimum absolute atomic E-state index is 0.0499. The van der Waals surface area contributed by atoms with Crippen LogP contribution in [0, 0.1) is 12.7 Å². The number of aromatic nitrogens is 5. The van der Waals surface area contributed by atoms with E-state index in [1.54, 1.807) is 19.2 Å². The summed E-state index contributed by atoms with van der Waals surface area (Å²) < 4.78 is 48.2. The second-order valence-corrected chi connectivity index (χ2v) is 9.47. The molecule has 0 radical (unpaired) electrons. The van der Waals surface area contributed by atoms with Crippen molar-refractivity contribution >= 4 is 28.0 Å². The van der Waals surface area contributed by atoms with Gasteiger partial charge in [0.25, 0.3) is 6.43 Å². The number of imidazole rings is 1. The normalized spacial score (nSPS) is 20.5. The summed E-state index contributed by atoms with van der Waals surface area (Å²) in [5.74, 6) is 0.414. The quantitative estimate of drug-likeness (QED) is 0.322. The van der Waals surface area contributed by atoms with Crippen LogP contribution in [0.2, 0.25) is 0 Å². The van der Waals surface area contributed by atoms with Gasteiger partial charge in [-0.25, -0.2) is 18.2 Å². The van der Waals surface area contributed by atoms with E-state index in [4.69, 9.17) is 4.74 Å². The fourth-order valence-corrected chi connectivity index (χ4v) is 5.10. The van der Waals surface area contributed by atoms with Crippen molar-refractivity contribution in [2.45, 2.75) is 70.6 Å². The van der Waals surface area contributed by atoms with E-state index in [1.807, 2.05) is 6.92 Å². The van der Waals surface area contributed by atoms with Crippen molar-refractivity contribution in [3.63, 3.8) is 0 Å². The highest BCUT2D eigenvalue weighted by Gasteiger charge is 2.32. The first kappa shape index (κ1) is 24.4. The molecule has 0 unspecified atom stereocenters. The van der Waals surface area contributed by atoms with Gasteiger partial charge in [-0.3, -0.25) is 0 Å². The maximum absolute atomic E-state index is 15.0. The molecule has 3 N–H and O–H groups in total. The highest BCUT2D eigenvalue weighted by Crippen LogP contribution is 2.37. The van der Waals surface area contributed by atoms with E-state index in [0.29, 0.717) is 58.2 Å². The maximum Gasteiger partial charge on any atom is 0.256 e. The zero-order chi connectivity index (χ0) is 25.6. The summed E-state index contributed by atoms with van der Waals surface area (Å²) in [5.41, 5.74) is 1.29. The van der Waals surface area contributed by atoms with Crippen molar-refractivity contribution in [1.29, 1.82) is 0 Å². The molecule has 1 saturated carbocycles. The number of aryl methyl sites for hydroxylation is 1. The zero-order valence-electron chi connectivity index (χ0n) is 20.4. The molecule has 1 aromatic carbocycles. The number of alkyl halides is 2. The fraction of sp³-hybridized carbons (Fsp3) is 0.480. The van der Waals surface area contributed by atoms with Gasteiger partial charge in [0, 0.05) is 17.8 Å². The fourth-order valence-electron chi connectivity index (χ4n) is 5.10. The van der Waals surface area contributed by atoms with E-state index in [0.717, 1.165) is 19.3 Å². The third kappa shape index (κ3) is 4.36. The molecule has 11 heteroatoms. The Balaban J connectivity index is 1.51. The van der Waals surface area contributed by atoms with Crippen molar-refractivity contribution in [3.05, 3.63) is 30.0 Å². The highest BCUT2D eigenvalue weighted by atomic mass is 19.3. The van der Waals surface area contributed by atoms with Gasteiger partial charge in [-0.1, -0.05) is 6.92 Å². The SMILES string of the molecule is CCC1(O)CCC(Nc2nc(OC)c3c(-c4cc(F)c5nc(C)n(CC(F)F)c5c4)c[nH]c3n2)CC1. The summed E-state index contributed by atoms with van der Waals surface area (Å²) in [7, 11) is 1.50. The summed E-state index contributed by atoms with van der Waals surface area (Å²) in [6.07, 6.45) is 2.83. The van der Waals surface area contributed by atoms with Crippen molar-refractivity contribution in [2.24, 2.45) is 0 Å². The van der Waals surface area contributed by atoms with Gasteiger partial charge in [0.15, 0.2) is 5.82 Å². The number of anilines is 1. The summed E-state index contributed by atoms with van der Waals surface area (Å²) in [5, 5.41) is 14.4. The van der Waals surface area contributed by atoms with Gasteiger partial charge >= 0.3 is 0 Å². The first-order valence-corrected chi connectivity index (χ1v) is 12.1. The van der Waals surface area contributed by atoms with E-state index < -0.39 is 24.4 Å². The van der Waals surface area contributed by atoms with Crippen LogP contribution < -0.4 is 10.1 Å². The van der Waals surface area contributed by atoms with Crippen LogP contribution in [0.15, 0.2) is 18.3 Å². The summed E-state index contributed by atoms with van der Waals surface area (Å²) in [4.78, 5) is 16.4. The van der Waals surface area contributed by atoms with Gasteiger partial charge in [0.05, 0.1) is 30.2 Å². The number of nitrogens with zero attached hydrogens (tertiary/aromatic N) is 4. The number of methoxy groups -OCH3 is 1. The number of rotatable bonds is 7. The standard InChI is InChI=1S/C25H29F3N6O2/c1-4-25(35)7-5-15(6-8-25)31-24-32-22-20(23(33-24)36-3)16(11-29-22)14-9-17(26)21-18(10-14)34(12-19(27)28)13(2)30-21/h9-11,15,19,35H,4-8,12H2,1-3H3,(H2,29,31,32,33). The average Bonchev–Trinajstić information content (AvgIpc) is 3.41. The lowest BCUT2D eigenvalue weighted by atomic mass is 9.80. The van der Waals surface area contributed by atoms with Crippen LogP contribution in [0.5, 0.6) is 5.88 Å². The van der Waals surface area contributed by atoms with Gasteiger partial charge < -0.3 is 24.7 Å². The van der Waals surface area contributed by atoms with Crippen LogP contribution in [-0.2, 0) is 6.54 Å². The number of aromatic amines is 1. The molecule has 3 heterocycles. The molecule has 0 saturated heterocycles. The molecule has 0 amide bonds. The largest absolute Gasteiger partial charge is 0.480 e. The summed E-state index contributed by atoms with van der Waals surface area (Å²) >= 11 is 0. The van der Waals surface area contributed by atoms with Crippen molar-refractivity contribution in [2.75, 3.05) is 12.4 Å². The smallest absolute Gasteiger partial charge is 0.256 e. The van der Waals surface area contributed by atoms with Crippen LogP contribution in [-0.4, -0.2) is 54.8 Å². The van der Waals surface area contributed by atoms with Crippen LogP contribution >= 0.6 is 0 Å². The first-order chi connectivity index (χ1) is 17.2. The number of nitrogens with one attached hydrogen (secondary N) is 2. The van der Waals surface area contributed by atoms with E-state index in [2.05, 4.69) is 25.3 Å². The molecule has 0 aliphatic heterocycles. The number of aliphatic hydroxyl groups is 1. The number of H-pyrrole nitrogens is 1. The van der Waals surface area contributed by atoms with E-state index in [9.17, 15) is 18.3 Å². The number of halogens is 3. The summed E-state index contributed by atoms with van der Waals surface area (Å²) in [6.45, 7) is 3.00. The van der Waals surface area contributed by atoms with E-state index >= 15 is 0 Å². The number of ether oxygens (including phenoxy) is 1. The topological polar surface area (TPSA) is 101 Å². The van der Waals surface area contributed by atoms with Gasteiger partial charge in [-0.2, -0.15) is 9.97 Å². The number of hydrogen-bond acceptors (Lipinski definition) is 6. The lowest BCUT2D eigenvalue weighted by Gasteiger charge is -2.35. The molecule has 192 valence electrons. The molecule has 1 fully saturated rings. The third-order valence-electron chi connectivity index (χ3n) is 7.23. The highest BCUT2D eigenvalue weighted by molar-refractivity contribution is 5.99. The molecule has 0 spiro atoms. The Kier molecular flexibility index (Phi) is 6.27. The summed E-state index contributed by atoms with van der Waals surface area (Å²) in [6, 6.07) is 3.10. The predicted octanol–water partition coefficient (Wildman–Crippen LogP) is 5.19. The lowest BCUT2D eigenvalue weighted by Crippen LogP contribution is -2.38. The van der Waals surface area contributed by atoms with Crippen molar-refractivity contribution in [3.8, 4) is 17.0 Å². The Morgan fingerprint density at radius 1 is 1.25 bits per heavy atom. The Morgan fingerprint density at radius 3 is 2.67 bits per heavy atom. The molecule has 8 nitrogen and oxygen atoms in total. The molecule has 0 atom stereocenters. The zero-order valence-corrected chi connectivity index (χ0v) is 20.4. The second kappa shape index (κ2) is 9.27. The molecular weight excluding hydrogens is 473 g/mol. The first-order valence-electron chi connectivity index (χ1n) is 12.1. The molecular formula is C25H29F3N6O2. The molecule has 1 aliphatic rings. The van der Waals surface area contributed by atoms with E-state index in [1.165, 1.54) is 17.7 Å². The molecule has 5 rings (SSSR count). The number of benzene rings is 1. The maximum atomic E-state index is 15.0. The minimum Gasteiger partial charge on any atom is -0.480 e. The van der Waals surface area contributed by atoms with E-state index in [-0.39, 0.29) is 11.6 Å². The Morgan fingerprint density at radius 2 is 2.00 bits per heavy atom. The molecule has 1 aliphatic carbocycles. The van der Waals surface area contributed by atoms with Crippen LogP contribution in [0.3, 0.4) is 0 Å². The van der Waals surface area contributed by atoms with Gasteiger partial charge in [-0.05, 0) is 56.7 Å². The molecule has 0 bridgehead atoms. The van der Waals surface area contributed by atoms with Gasteiger partial charge in [0.1, 0.15) is 17.0 Å². The molecule has 3 aromatic heterocycles. The molecule has 36 heavy (non-hydrogen) atoms. The monoisotopic (exact) mass is 502 g/mol. The van der Waals surface area contributed by atoms with Crippen LogP contribution in [0.4, 0.5) is 19.1 Å². The lowest BCUT2D eigenvalue weighted by molar-refractivity contribution is -0.00198. The predicted molar refractivity (Wildman–Crippen MR) is 131 cm³/mol. The van der Waals surface area contributed by atoms with Gasteiger partial charge in [0.2, 0.25) is 11.8 Å². The second-order valence-electron chi connectivity index (χ2n) is 9.47. The Bertz CT molecular complexity index is 1410. The van der Waals surface area contributed by atoms with Crippen molar-refractivity contribution < 1.29 is 23.0 Å². The number of hydrogen-bond donors (Lipinski definition) is 3. The van der Waals surface area contributed by atoms with Crippen LogP contribution in [0.1, 0.15) is 44.9 Å². The minimum atomic E-state index is -2.60. The van der Waals surface area contributed by atoms with Gasteiger partial charge in [-0.15, -0.1) is 0 Å². The third-order valence-corrected chi connectivity index (χ3v) is 7.23. The van der Waals surface area contributed by atoms with Crippen LogP contribution in [0.25, 0.3) is 33.2 Å². The average molecular weight is 503 g/mol. The Labute approximate surface area is 205 Å². The number of fused-ring (bicyclic) bond motifs is 2. The molecule has 4 aromatic rings.